The average Bonchev–Trinajstić information content (AvgIpc) is 2.65. The van der Waals surface area contributed by atoms with E-state index in [4.69, 9.17) is 10.00 Å². The molecule has 2 rings (SSSR count). The molecule has 0 amide bonds. The molecule has 144 valence electrons. The van der Waals surface area contributed by atoms with Gasteiger partial charge in [-0.25, -0.2) is 0 Å². The molecule has 2 N–H and O–H groups in total. The predicted octanol–water partition coefficient (Wildman–Crippen LogP) is 2.20. The van der Waals surface area contributed by atoms with Gasteiger partial charge in [-0.2, -0.15) is 5.26 Å². The van der Waals surface area contributed by atoms with Crippen molar-refractivity contribution >= 4 is 29.9 Å². The van der Waals surface area contributed by atoms with E-state index in [1.54, 1.807) is 7.05 Å². The van der Waals surface area contributed by atoms with Crippen molar-refractivity contribution in [3.05, 3.63) is 35.4 Å². The third-order valence-electron chi connectivity index (χ3n) is 4.50. The molecule has 1 aliphatic rings. The van der Waals surface area contributed by atoms with Crippen LogP contribution in [0.25, 0.3) is 0 Å². The van der Waals surface area contributed by atoms with Crippen molar-refractivity contribution in [2.45, 2.75) is 26.4 Å². The van der Waals surface area contributed by atoms with Crippen molar-refractivity contribution in [2.75, 3.05) is 39.9 Å². The number of nitrogens with zero attached hydrogens (tertiary/aromatic N) is 3. The third kappa shape index (κ3) is 7.09. The lowest BCUT2D eigenvalue weighted by Gasteiger charge is -2.37. The van der Waals surface area contributed by atoms with Crippen LogP contribution in [0.1, 0.15) is 25.0 Å². The van der Waals surface area contributed by atoms with Gasteiger partial charge in [-0.3, -0.25) is 9.89 Å². The van der Waals surface area contributed by atoms with Crippen LogP contribution in [0, 0.1) is 17.2 Å². The molecule has 1 saturated heterocycles. The molecule has 26 heavy (non-hydrogen) atoms. The average molecular weight is 471 g/mol. The Bertz CT molecular complexity index is 608. The van der Waals surface area contributed by atoms with Gasteiger partial charge in [-0.05, 0) is 23.6 Å². The molecule has 0 spiro atoms. The maximum Gasteiger partial charge on any atom is 0.191 e. The summed E-state index contributed by atoms with van der Waals surface area (Å²) >= 11 is 0. The van der Waals surface area contributed by atoms with Gasteiger partial charge in [0.2, 0.25) is 0 Å². The van der Waals surface area contributed by atoms with Gasteiger partial charge in [0.1, 0.15) is 0 Å². The van der Waals surface area contributed by atoms with Crippen molar-refractivity contribution in [1.29, 1.82) is 5.26 Å². The second-order valence-corrected chi connectivity index (χ2v) is 6.58. The number of morpholine rings is 1. The molecular formula is C19H30IN5O. The van der Waals surface area contributed by atoms with Crippen LogP contribution in [-0.4, -0.2) is 56.8 Å². The van der Waals surface area contributed by atoms with Crippen LogP contribution in [0.15, 0.2) is 29.3 Å². The van der Waals surface area contributed by atoms with Gasteiger partial charge in [-0.1, -0.05) is 26.0 Å². The Morgan fingerprint density at radius 1 is 1.31 bits per heavy atom. The Labute approximate surface area is 174 Å². The first-order valence-corrected chi connectivity index (χ1v) is 8.89. The Morgan fingerprint density at radius 3 is 2.65 bits per heavy atom. The van der Waals surface area contributed by atoms with E-state index in [9.17, 15) is 0 Å². The normalized spacial score (nSPS) is 16.5. The quantitative estimate of drug-likeness (QED) is 0.378. The van der Waals surface area contributed by atoms with Crippen molar-refractivity contribution < 1.29 is 4.74 Å². The number of ether oxygens (including phenoxy) is 1. The van der Waals surface area contributed by atoms with Crippen molar-refractivity contribution in [1.82, 2.24) is 15.5 Å². The Kier molecular flexibility index (Phi) is 10.5. The first kappa shape index (κ1) is 22.7. The fourth-order valence-electron chi connectivity index (χ4n) is 3.05. The zero-order chi connectivity index (χ0) is 18.1. The molecule has 1 fully saturated rings. The van der Waals surface area contributed by atoms with E-state index in [2.05, 4.69) is 40.4 Å². The third-order valence-corrected chi connectivity index (χ3v) is 4.50. The topological polar surface area (TPSA) is 72.7 Å². The van der Waals surface area contributed by atoms with Crippen LogP contribution in [0.3, 0.4) is 0 Å². The number of benzene rings is 1. The SMILES string of the molecule is CN=C(NCc1cccc(C#N)c1)NCC(C(C)C)N1CCOCC1.I. The van der Waals surface area contributed by atoms with Gasteiger partial charge in [0.05, 0.1) is 24.8 Å². The van der Waals surface area contributed by atoms with Gasteiger partial charge in [0, 0.05) is 39.3 Å². The van der Waals surface area contributed by atoms with Crippen LogP contribution >= 0.6 is 24.0 Å². The minimum absolute atomic E-state index is 0. The fraction of sp³-hybridized carbons (Fsp3) is 0.579. The second-order valence-electron chi connectivity index (χ2n) is 6.58. The van der Waals surface area contributed by atoms with E-state index < -0.39 is 0 Å². The largest absolute Gasteiger partial charge is 0.379 e. The molecule has 6 nitrogen and oxygen atoms in total. The van der Waals surface area contributed by atoms with E-state index in [1.165, 1.54) is 0 Å². The smallest absolute Gasteiger partial charge is 0.191 e. The molecule has 1 heterocycles. The predicted molar refractivity (Wildman–Crippen MR) is 116 cm³/mol. The zero-order valence-corrected chi connectivity index (χ0v) is 18.2. The number of nitrogens with one attached hydrogen (secondary N) is 2. The molecule has 1 aromatic carbocycles. The number of hydrogen-bond acceptors (Lipinski definition) is 4. The summed E-state index contributed by atoms with van der Waals surface area (Å²) in [7, 11) is 1.78. The van der Waals surface area contributed by atoms with Crippen LogP contribution < -0.4 is 10.6 Å². The summed E-state index contributed by atoms with van der Waals surface area (Å²) in [5.74, 6) is 1.33. The summed E-state index contributed by atoms with van der Waals surface area (Å²) < 4.78 is 5.46. The summed E-state index contributed by atoms with van der Waals surface area (Å²) in [5.41, 5.74) is 1.74. The van der Waals surface area contributed by atoms with E-state index in [0.29, 0.717) is 24.1 Å². The maximum atomic E-state index is 8.99. The highest BCUT2D eigenvalue weighted by molar-refractivity contribution is 14.0. The molecule has 1 unspecified atom stereocenters. The number of guanidine groups is 1. The Balaban J connectivity index is 0.00000338. The summed E-state index contributed by atoms with van der Waals surface area (Å²) in [5, 5.41) is 15.7. The molecule has 0 aliphatic carbocycles. The molecule has 0 bridgehead atoms. The first-order chi connectivity index (χ1) is 12.1. The van der Waals surface area contributed by atoms with Crippen molar-refractivity contribution in [2.24, 2.45) is 10.9 Å². The van der Waals surface area contributed by atoms with Gasteiger partial charge < -0.3 is 15.4 Å². The second kappa shape index (κ2) is 12.1. The molecule has 1 aromatic rings. The minimum atomic E-state index is 0. The zero-order valence-electron chi connectivity index (χ0n) is 15.9. The highest BCUT2D eigenvalue weighted by atomic mass is 127. The highest BCUT2D eigenvalue weighted by Gasteiger charge is 2.23. The van der Waals surface area contributed by atoms with Gasteiger partial charge in [-0.15, -0.1) is 24.0 Å². The van der Waals surface area contributed by atoms with Crippen LogP contribution in [0.2, 0.25) is 0 Å². The van der Waals surface area contributed by atoms with Gasteiger partial charge in [0.15, 0.2) is 5.96 Å². The van der Waals surface area contributed by atoms with Crippen LogP contribution in [0.5, 0.6) is 0 Å². The lowest BCUT2D eigenvalue weighted by atomic mass is 10.0. The Hall–Kier alpha value is -1.37. The van der Waals surface area contributed by atoms with Crippen molar-refractivity contribution in [3.63, 3.8) is 0 Å². The number of rotatable bonds is 6. The summed E-state index contributed by atoms with van der Waals surface area (Å²) in [6.45, 7) is 9.58. The van der Waals surface area contributed by atoms with Crippen LogP contribution in [-0.2, 0) is 11.3 Å². The summed E-state index contributed by atoms with van der Waals surface area (Å²) in [6, 6.07) is 10.2. The lowest BCUT2D eigenvalue weighted by molar-refractivity contribution is 0.00752. The number of halogens is 1. The number of nitriles is 1. The lowest BCUT2D eigenvalue weighted by Crippen LogP contribution is -2.52. The van der Waals surface area contributed by atoms with Crippen LogP contribution in [0.4, 0.5) is 0 Å². The van der Waals surface area contributed by atoms with Gasteiger partial charge in [0.25, 0.3) is 0 Å². The van der Waals surface area contributed by atoms with E-state index in [0.717, 1.165) is 44.4 Å². The molecule has 0 radical (unpaired) electrons. The minimum Gasteiger partial charge on any atom is -0.379 e. The molecule has 7 heteroatoms. The first-order valence-electron chi connectivity index (χ1n) is 8.89. The summed E-state index contributed by atoms with van der Waals surface area (Å²) in [6.07, 6.45) is 0. The number of aliphatic imine (C=N–C) groups is 1. The molecule has 1 aliphatic heterocycles. The Morgan fingerprint density at radius 2 is 2.04 bits per heavy atom. The molecule has 0 aromatic heterocycles. The maximum absolute atomic E-state index is 8.99. The molecule has 0 saturated carbocycles. The van der Waals surface area contributed by atoms with Gasteiger partial charge >= 0.3 is 0 Å². The molecule has 1 atom stereocenters. The van der Waals surface area contributed by atoms with E-state index >= 15 is 0 Å². The monoisotopic (exact) mass is 471 g/mol. The summed E-state index contributed by atoms with van der Waals surface area (Å²) in [4.78, 5) is 6.80. The van der Waals surface area contributed by atoms with Crippen molar-refractivity contribution in [3.8, 4) is 6.07 Å². The molecular weight excluding hydrogens is 441 g/mol. The fourth-order valence-corrected chi connectivity index (χ4v) is 3.05. The van der Waals surface area contributed by atoms with E-state index in [-0.39, 0.29) is 24.0 Å². The highest BCUT2D eigenvalue weighted by Crippen LogP contribution is 2.12. The van der Waals surface area contributed by atoms with E-state index in [1.807, 2.05) is 24.3 Å². The standard InChI is InChI=1S/C19H29N5O.HI/c1-15(2)18(24-7-9-25-10-8-24)14-23-19(21-3)22-13-17-6-4-5-16(11-17)12-20;/h4-6,11,15,18H,7-10,13-14H2,1-3H3,(H2,21,22,23);1H. The number of hydrogen-bond donors (Lipinski definition) is 2.